The summed E-state index contributed by atoms with van der Waals surface area (Å²) in [5, 5.41) is 11.2. The smallest absolute Gasteiger partial charge is 0.249 e. The van der Waals surface area contributed by atoms with E-state index in [1.807, 2.05) is 49.3 Å². The van der Waals surface area contributed by atoms with Crippen molar-refractivity contribution in [2.45, 2.75) is 31.5 Å². The molecule has 0 spiro atoms. The van der Waals surface area contributed by atoms with E-state index in [-0.39, 0.29) is 18.3 Å². The Bertz CT molecular complexity index is 1450. The maximum atomic E-state index is 15.3. The highest BCUT2D eigenvalue weighted by molar-refractivity contribution is 6.01. The molecule has 0 aliphatic carbocycles. The molecule has 1 N–H and O–H groups in total. The Morgan fingerprint density at radius 3 is 2.54 bits per heavy atom. The van der Waals surface area contributed by atoms with Gasteiger partial charge in [0.05, 0.1) is 17.3 Å². The summed E-state index contributed by atoms with van der Waals surface area (Å²) in [5.41, 5.74) is 2.77. The van der Waals surface area contributed by atoms with Crippen LogP contribution in [-0.4, -0.2) is 60.2 Å². The first-order chi connectivity index (χ1) is 18.9. The molecule has 1 aromatic heterocycles. The van der Waals surface area contributed by atoms with Crippen molar-refractivity contribution in [3.8, 4) is 0 Å². The van der Waals surface area contributed by atoms with Crippen molar-refractivity contribution in [1.82, 2.24) is 20.3 Å². The van der Waals surface area contributed by atoms with Crippen LogP contribution in [0.1, 0.15) is 24.4 Å². The molecule has 2 heterocycles. The molecule has 0 saturated carbocycles. The van der Waals surface area contributed by atoms with Crippen LogP contribution in [0.15, 0.2) is 72.8 Å². The second kappa shape index (κ2) is 11.6. The van der Waals surface area contributed by atoms with Crippen LogP contribution in [0, 0.1) is 5.82 Å². The molecule has 39 heavy (non-hydrogen) atoms. The van der Waals surface area contributed by atoms with E-state index < -0.39 is 23.7 Å². The van der Waals surface area contributed by atoms with Crippen LogP contribution >= 0.6 is 0 Å². The number of aromatic nitrogens is 3. The number of amides is 2. The number of para-hydroxylation sites is 2. The number of ether oxygens (including phenoxy) is 1. The first-order valence-electron chi connectivity index (χ1n) is 12.9. The van der Waals surface area contributed by atoms with Gasteiger partial charge in [0.15, 0.2) is 0 Å². The summed E-state index contributed by atoms with van der Waals surface area (Å²) < 4.78 is 22.4. The van der Waals surface area contributed by atoms with Crippen LogP contribution in [0.25, 0.3) is 11.0 Å². The normalized spacial score (nSPS) is 15.7. The van der Waals surface area contributed by atoms with Crippen molar-refractivity contribution in [3.05, 3.63) is 84.2 Å². The largest absolute Gasteiger partial charge is 0.378 e. The zero-order chi connectivity index (χ0) is 27.4. The number of hydrogen-bond donors (Lipinski definition) is 1. The maximum Gasteiger partial charge on any atom is 0.249 e. The molecule has 3 aromatic carbocycles. The summed E-state index contributed by atoms with van der Waals surface area (Å²) in [4.78, 5) is 31.0. The van der Waals surface area contributed by atoms with Crippen molar-refractivity contribution in [2.75, 3.05) is 37.0 Å². The van der Waals surface area contributed by atoms with Gasteiger partial charge in [0.2, 0.25) is 11.8 Å². The van der Waals surface area contributed by atoms with Gasteiger partial charge in [-0.05, 0) is 54.8 Å². The van der Waals surface area contributed by atoms with Gasteiger partial charge >= 0.3 is 0 Å². The van der Waals surface area contributed by atoms with Crippen molar-refractivity contribution in [1.29, 1.82) is 0 Å². The van der Waals surface area contributed by atoms with Crippen LogP contribution < -0.4 is 15.1 Å². The SMILES string of the molecule is CN(C)c1ccc([C@H](C(=O)NC[C@H]2CCCO2)N(C(=O)Cn2nnc3ccccc32)c2ccccc2F)cc1. The zero-order valence-electron chi connectivity index (χ0n) is 22.0. The second-order valence-electron chi connectivity index (χ2n) is 9.72. The van der Waals surface area contributed by atoms with Gasteiger partial charge in [-0.2, -0.15) is 0 Å². The van der Waals surface area contributed by atoms with Crippen molar-refractivity contribution < 1.29 is 18.7 Å². The van der Waals surface area contributed by atoms with Crippen LogP contribution in [0.2, 0.25) is 0 Å². The fourth-order valence-corrected chi connectivity index (χ4v) is 4.79. The first-order valence-corrected chi connectivity index (χ1v) is 12.9. The number of carbonyl (C=O) groups is 2. The van der Waals surface area contributed by atoms with E-state index in [0.29, 0.717) is 29.7 Å². The first kappa shape index (κ1) is 26.3. The monoisotopic (exact) mass is 530 g/mol. The lowest BCUT2D eigenvalue weighted by molar-refractivity contribution is -0.127. The minimum Gasteiger partial charge on any atom is -0.378 e. The molecule has 1 aliphatic heterocycles. The average Bonchev–Trinajstić information content (AvgIpc) is 3.61. The Kier molecular flexibility index (Phi) is 7.83. The molecule has 4 aromatic rings. The van der Waals surface area contributed by atoms with E-state index in [2.05, 4.69) is 15.6 Å². The number of carbonyl (C=O) groups excluding carboxylic acids is 2. The predicted molar refractivity (Wildman–Crippen MR) is 147 cm³/mol. The Morgan fingerprint density at radius 1 is 1.08 bits per heavy atom. The molecule has 1 fully saturated rings. The molecule has 1 saturated heterocycles. The van der Waals surface area contributed by atoms with Crippen molar-refractivity contribution >= 4 is 34.2 Å². The quantitative estimate of drug-likeness (QED) is 0.355. The van der Waals surface area contributed by atoms with Gasteiger partial charge in [0.1, 0.15) is 23.9 Å². The van der Waals surface area contributed by atoms with Gasteiger partial charge in [-0.15, -0.1) is 5.10 Å². The van der Waals surface area contributed by atoms with Gasteiger partial charge < -0.3 is 15.0 Å². The number of hydrogen-bond acceptors (Lipinski definition) is 6. The molecule has 202 valence electrons. The van der Waals surface area contributed by atoms with E-state index >= 15 is 4.39 Å². The summed E-state index contributed by atoms with van der Waals surface area (Å²) >= 11 is 0. The fraction of sp³-hybridized carbons (Fsp3) is 0.310. The molecule has 2 atom stereocenters. The lowest BCUT2D eigenvalue weighted by atomic mass is 10.0. The third kappa shape index (κ3) is 5.75. The lowest BCUT2D eigenvalue weighted by Crippen LogP contribution is -2.47. The Hall–Kier alpha value is -4.31. The van der Waals surface area contributed by atoms with Crippen LogP contribution in [0.5, 0.6) is 0 Å². The minimum absolute atomic E-state index is 0.000809. The molecule has 2 amide bonds. The third-order valence-electron chi connectivity index (χ3n) is 6.85. The van der Waals surface area contributed by atoms with E-state index in [4.69, 9.17) is 4.74 Å². The molecule has 0 radical (unpaired) electrons. The predicted octanol–water partition coefficient (Wildman–Crippen LogP) is 3.71. The number of benzene rings is 3. The maximum absolute atomic E-state index is 15.3. The number of anilines is 2. The highest BCUT2D eigenvalue weighted by Crippen LogP contribution is 2.31. The van der Waals surface area contributed by atoms with Crippen LogP contribution in [0.3, 0.4) is 0 Å². The molecule has 9 nitrogen and oxygen atoms in total. The van der Waals surface area contributed by atoms with E-state index in [1.165, 1.54) is 21.7 Å². The van der Waals surface area contributed by atoms with Gasteiger partial charge in [0, 0.05) is 32.9 Å². The van der Waals surface area contributed by atoms with E-state index in [9.17, 15) is 9.59 Å². The highest BCUT2D eigenvalue weighted by atomic mass is 19.1. The van der Waals surface area contributed by atoms with E-state index in [1.54, 1.807) is 30.3 Å². The van der Waals surface area contributed by atoms with Gasteiger partial charge in [0.25, 0.3) is 0 Å². The Balaban J connectivity index is 1.55. The Labute approximate surface area is 226 Å². The van der Waals surface area contributed by atoms with E-state index in [0.717, 1.165) is 18.5 Å². The molecule has 0 unspecified atom stereocenters. The number of halogens is 1. The van der Waals surface area contributed by atoms with Crippen LogP contribution in [0.4, 0.5) is 15.8 Å². The molecule has 5 rings (SSSR count). The number of fused-ring (bicyclic) bond motifs is 1. The molecule has 0 bridgehead atoms. The van der Waals surface area contributed by atoms with Gasteiger partial charge in [-0.3, -0.25) is 14.5 Å². The van der Waals surface area contributed by atoms with Crippen LogP contribution in [-0.2, 0) is 20.9 Å². The summed E-state index contributed by atoms with van der Waals surface area (Å²) in [5.74, 6) is -1.55. The molecular weight excluding hydrogens is 499 g/mol. The summed E-state index contributed by atoms with van der Waals surface area (Å²) in [6.45, 7) is 0.722. The van der Waals surface area contributed by atoms with Crippen molar-refractivity contribution in [3.63, 3.8) is 0 Å². The average molecular weight is 531 g/mol. The summed E-state index contributed by atoms with van der Waals surface area (Å²) in [7, 11) is 3.83. The fourth-order valence-electron chi connectivity index (χ4n) is 4.79. The van der Waals surface area contributed by atoms with Gasteiger partial charge in [-0.25, -0.2) is 9.07 Å². The molecule has 10 heteroatoms. The minimum atomic E-state index is -1.14. The molecule has 1 aliphatic rings. The topological polar surface area (TPSA) is 92.6 Å². The standard InChI is InChI=1S/C29H31FN6O3/c1-34(2)21-15-13-20(14-16-21)28(29(38)31-18-22-8-7-17-39-22)36(25-11-5-3-9-23(25)30)27(37)19-35-26-12-6-4-10-24(26)32-33-35/h3-6,9-16,22,28H,7-8,17-19H2,1-2H3,(H,31,38)/t22-,28-/m1/s1. The second-order valence-corrected chi connectivity index (χ2v) is 9.72. The number of nitrogens with one attached hydrogen (secondary N) is 1. The van der Waals surface area contributed by atoms with Gasteiger partial charge in [-0.1, -0.05) is 41.6 Å². The highest BCUT2D eigenvalue weighted by Gasteiger charge is 2.35. The number of nitrogens with zero attached hydrogens (tertiary/aromatic N) is 5. The molecular formula is C29H31FN6O3. The summed E-state index contributed by atoms with van der Waals surface area (Å²) in [6, 6.07) is 19.4. The zero-order valence-corrected chi connectivity index (χ0v) is 22.0. The lowest BCUT2D eigenvalue weighted by Gasteiger charge is -2.32. The summed E-state index contributed by atoms with van der Waals surface area (Å²) in [6.07, 6.45) is 1.68. The third-order valence-corrected chi connectivity index (χ3v) is 6.85. The Morgan fingerprint density at radius 2 is 1.82 bits per heavy atom. The number of rotatable bonds is 9. The van der Waals surface area contributed by atoms with Crippen molar-refractivity contribution in [2.24, 2.45) is 0 Å².